The van der Waals surface area contributed by atoms with E-state index in [4.69, 9.17) is 16.1 Å². The van der Waals surface area contributed by atoms with Gasteiger partial charge in [0.2, 0.25) is 11.7 Å². The van der Waals surface area contributed by atoms with Crippen molar-refractivity contribution in [2.75, 3.05) is 13.1 Å². The first kappa shape index (κ1) is 11.2. The van der Waals surface area contributed by atoms with Crippen LogP contribution >= 0.6 is 22.9 Å². The van der Waals surface area contributed by atoms with E-state index in [0.717, 1.165) is 41.0 Å². The van der Waals surface area contributed by atoms with Gasteiger partial charge in [-0.25, -0.2) is 0 Å². The van der Waals surface area contributed by atoms with Gasteiger partial charge in [-0.05, 0) is 38.1 Å². The second-order valence-electron chi connectivity index (χ2n) is 4.08. The van der Waals surface area contributed by atoms with Crippen molar-refractivity contribution in [1.29, 1.82) is 0 Å². The van der Waals surface area contributed by atoms with Gasteiger partial charge in [0.1, 0.15) is 0 Å². The molecular weight excluding hydrogens is 258 g/mol. The van der Waals surface area contributed by atoms with Crippen molar-refractivity contribution >= 4 is 22.9 Å². The molecule has 2 aromatic heterocycles. The molecule has 1 N–H and O–H groups in total. The molecule has 3 heterocycles. The fraction of sp³-hybridized carbons (Fsp3) is 0.455. The SMILES string of the molecule is Clc1ccc(-c2noc(C3CCNCC3)n2)s1. The summed E-state index contributed by atoms with van der Waals surface area (Å²) in [5.41, 5.74) is 0. The van der Waals surface area contributed by atoms with Crippen LogP contribution in [-0.2, 0) is 0 Å². The van der Waals surface area contributed by atoms with E-state index < -0.39 is 0 Å². The quantitative estimate of drug-likeness (QED) is 0.911. The predicted octanol–water partition coefficient (Wildman–Crippen LogP) is 2.92. The Balaban J connectivity index is 1.82. The zero-order chi connectivity index (χ0) is 11.7. The van der Waals surface area contributed by atoms with Crippen LogP contribution in [0.1, 0.15) is 24.7 Å². The number of rotatable bonds is 2. The summed E-state index contributed by atoms with van der Waals surface area (Å²) in [7, 11) is 0. The minimum atomic E-state index is 0.396. The summed E-state index contributed by atoms with van der Waals surface area (Å²) in [5, 5.41) is 7.34. The molecule has 90 valence electrons. The number of piperidine rings is 1. The fourth-order valence-electron chi connectivity index (χ4n) is 2.00. The molecule has 0 radical (unpaired) electrons. The number of aromatic nitrogens is 2. The predicted molar refractivity (Wildman–Crippen MR) is 67.5 cm³/mol. The van der Waals surface area contributed by atoms with Crippen LogP contribution in [-0.4, -0.2) is 23.2 Å². The Morgan fingerprint density at radius 2 is 2.18 bits per heavy atom. The van der Waals surface area contributed by atoms with E-state index in [0.29, 0.717) is 11.7 Å². The lowest BCUT2D eigenvalue weighted by atomic mass is 9.98. The third-order valence-electron chi connectivity index (χ3n) is 2.92. The normalized spacial score (nSPS) is 17.5. The van der Waals surface area contributed by atoms with Crippen LogP contribution in [0.2, 0.25) is 4.34 Å². The second-order valence-corrected chi connectivity index (χ2v) is 5.80. The van der Waals surface area contributed by atoms with Crippen LogP contribution in [0.4, 0.5) is 0 Å². The Morgan fingerprint density at radius 3 is 2.88 bits per heavy atom. The lowest BCUT2D eigenvalue weighted by molar-refractivity contribution is 0.320. The van der Waals surface area contributed by atoms with E-state index in [1.807, 2.05) is 12.1 Å². The van der Waals surface area contributed by atoms with Gasteiger partial charge >= 0.3 is 0 Å². The summed E-state index contributed by atoms with van der Waals surface area (Å²) in [6, 6.07) is 3.77. The highest BCUT2D eigenvalue weighted by Crippen LogP contribution is 2.31. The lowest BCUT2D eigenvalue weighted by Gasteiger charge is -2.18. The summed E-state index contributed by atoms with van der Waals surface area (Å²) in [5.74, 6) is 1.80. The summed E-state index contributed by atoms with van der Waals surface area (Å²) in [4.78, 5) is 5.42. The third kappa shape index (κ3) is 2.36. The average Bonchev–Trinajstić information content (AvgIpc) is 2.98. The summed E-state index contributed by atoms with van der Waals surface area (Å²) >= 11 is 7.36. The van der Waals surface area contributed by atoms with Crippen LogP contribution in [0, 0.1) is 0 Å². The van der Waals surface area contributed by atoms with Crippen molar-refractivity contribution in [3.8, 4) is 10.7 Å². The van der Waals surface area contributed by atoms with E-state index in [9.17, 15) is 0 Å². The first-order valence-corrected chi connectivity index (χ1v) is 6.82. The summed E-state index contributed by atoms with van der Waals surface area (Å²) in [6.07, 6.45) is 2.12. The van der Waals surface area contributed by atoms with Crippen molar-refractivity contribution in [2.45, 2.75) is 18.8 Å². The molecule has 2 aromatic rings. The number of halogens is 1. The van der Waals surface area contributed by atoms with Crippen molar-refractivity contribution in [1.82, 2.24) is 15.5 Å². The lowest BCUT2D eigenvalue weighted by Crippen LogP contribution is -2.26. The van der Waals surface area contributed by atoms with Crippen LogP contribution in [0.3, 0.4) is 0 Å². The van der Waals surface area contributed by atoms with E-state index in [-0.39, 0.29) is 0 Å². The maximum Gasteiger partial charge on any atom is 0.230 e. The molecule has 1 aliphatic heterocycles. The van der Waals surface area contributed by atoms with Gasteiger partial charge in [0, 0.05) is 5.92 Å². The van der Waals surface area contributed by atoms with Crippen molar-refractivity contribution in [2.24, 2.45) is 0 Å². The molecule has 0 amide bonds. The minimum Gasteiger partial charge on any atom is -0.339 e. The van der Waals surface area contributed by atoms with E-state index >= 15 is 0 Å². The largest absolute Gasteiger partial charge is 0.339 e. The molecule has 0 aliphatic carbocycles. The highest BCUT2D eigenvalue weighted by Gasteiger charge is 2.22. The van der Waals surface area contributed by atoms with Gasteiger partial charge in [-0.1, -0.05) is 16.8 Å². The molecule has 0 aromatic carbocycles. The van der Waals surface area contributed by atoms with Gasteiger partial charge < -0.3 is 9.84 Å². The Kier molecular flexibility index (Phi) is 3.13. The van der Waals surface area contributed by atoms with Crippen molar-refractivity contribution in [3.63, 3.8) is 0 Å². The molecule has 1 saturated heterocycles. The van der Waals surface area contributed by atoms with Crippen LogP contribution in [0.15, 0.2) is 16.7 Å². The van der Waals surface area contributed by atoms with Crippen molar-refractivity contribution < 1.29 is 4.52 Å². The number of thiophene rings is 1. The number of nitrogens with one attached hydrogen (secondary N) is 1. The topological polar surface area (TPSA) is 51.0 Å². The van der Waals surface area contributed by atoms with Gasteiger partial charge in [-0.3, -0.25) is 0 Å². The Hall–Kier alpha value is -0.910. The minimum absolute atomic E-state index is 0.396. The highest BCUT2D eigenvalue weighted by atomic mass is 35.5. The Morgan fingerprint density at radius 1 is 1.35 bits per heavy atom. The molecule has 0 spiro atoms. The van der Waals surface area contributed by atoms with Crippen LogP contribution < -0.4 is 5.32 Å². The Labute approximate surface area is 108 Å². The number of nitrogens with zero attached hydrogens (tertiary/aromatic N) is 2. The van der Waals surface area contributed by atoms with Crippen LogP contribution in [0.5, 0.6) is 0 Å². The standard InChI is InChI=1S/C11H12ClN3OS/c12-9-2-1-8(17-9)10-14-11(16-15-10)7-3-5-13-6-4-7/h1-2,7,13H,3-6H2. The number of hydrogen-bond donors (Lipinski definition) is 1. The summed E-state index contributed by atoms with van der Waals surface area (Å²) in [6.45, 7) is 2.04. The maximum atomic E-state index is 5.89. The monoisotopic (exact) mass is 269 g/mol. The van der Waals surface area contributed by atoms with E-state index in [1.165, 1.54) is 11.3 Å². The molecular formula is C11H12ClN3OS. The van der Waals surface area contributed by atoms with Crippen molar-refractivity contribution in [3.05, 3.63) is 22.4 Å². The van der Waals surface area contributed by atoms with Gasteiger partial charge in [-0.15, -0.1) is 11.3 Å². The highest BCUT2D eigenvalue weighted by molar-refractivity contribution is 7.19. The summed E-state index contributed by atoms with van der Waals surface area (Å²) < 4.78 is 6.09. The molecule has 3 rings (SSSR count). The molecule has 0 atom stereocenters. The van der Waals surface area contributed by atoms with Gasteiger partial charge in [0.15, 0.2) is 0 Å². The Bertz CT molecular complexity index is 504. The van der Waals surface area contributed by atoms with Gasteiger partial charge in [0.25, 0.3) is 0 Å². The molecule has 0 saturated carbocycles. The first-order chi connectivity index (χ1) is 8.33. The number of hydrogen-bond acceptors (Lipinski definition) is 5. The fourth-order valence-corrected chi connectivity index (χ4v) is 2.97. The molecule has 6 heteroatoms. The van der Waals surface area contributed by atoms with Gasteiger partial charge in [0.05, 0.1) is 9.21 Å². The first-order valence-electron chi connectivity index (χ1n) is 5.63. The van der Waals surface area contributed by atoms with Crippen LogP contribution in [0.25, 0.3) is 10.7 Å². The molecule has 0 bridgehead atoms. The smallest absolute Gasteiger partial charge is 0.230 e. The van der Waals surface area contributed by atoms with E-state index in [2.05, 4.69) is 15.5 Å². The molecule has 1 aliphatic rings. The maximum absolute atomic E-state index is 5.89. The third-order valence-corrected chi connectivity index (χ3v) is 4.15. The zero-order valence-electron chi connectivity index (χ0n) is 9.15. The molecule has 1 fully saturated rings. The zero-order valence-corrected chi connectivity index (χ0v) is 10.7. The van der Waals surface area contributed by atoms with Gasteiger partial charge in [-0.2, -0.15) is 4.98 Å². The molecule has 0 unspecified atom stereocenters. The molecule has 17 heavy (non-hydrogen) atoms. The average molecular weight is 270 g/mol. The van der Waals surface area contributed by atoms with E-state index in [1.54, 1.807) is 0 Å². The molecule has 4 nitrogen and oxygen atoms in total. The second kappa shape index (κ2) is 4.76.